The first-order valence-electron chi connectivity index (χ1n) is 7.52. The van der Waals surface area contributed by atoms with Crippen LogP contribution in [-0.2, 0) is 27.1 Å². The number of hydrogen-bond acceptors (Lipinski definition) is 5. The third-order valence-electron chi connectivity index (χ3n) is 3.93. The molecular weight excluding hydrogens is 298 g/mol. The Labute approximate surface area is 132 Å². The van der Waals surface area contributed by atoms with Gasteiger partial charge in [0.25, 0.3) is 5.56 Å². The molecule has 0 spiro atoms. The molecular formula is C15H19N5O3. The molecule has 0 saturated heterocycles. The van der Waals surface area contributed by atoms with Crippen molar-refractivity contribution in [2.24, 2.45) is 14.1 Å². The Balaban J connectivity index is 1.79. The second-order valence-corrected chi connectivity index (χ2v) is 5.72. The minimum absolute atomic E-state index is 0.293. The van der Waals surface area contributed by atoms with Gasteiger partial charge in [-0.15, -0.1) is 0 Å². The van der Waals surface area contributed by atoms with Crippen LogP contribution in [0.3, 0.4) is 0 Å². The lowest BCUT2D eigenvalue weighted by atomic mass is 10.2. The second kappa shape index (κ2) is 5.86. The summed E-state index contributed by atoms with van der Waals surface area (Å²) in [6, 6.07) is 1.90. The minimum atomic E-state index is -0.336. The van der Waals surface area contributed by atoms with Crippen LogP contribution in [0.25, 0.3) is 11.2 Å². The van der Waals surface area contributed by atoms with Gasteiger partial charge < -0.3 is 9.09 Å². The van der Waals surface area contributed by atoms with Crippen LogP contribution in [0.4, 0.5) is 0 Å². The maximum Gasteiger partial charge on any atom is 0.332 e. The molecule has 0 amide bonds. The van der Waals surface area contributed by atoms with Crippen molar-refractivity contribution in [3.8, 4) is 0 Å². The first-order chi connectivity index (χ1) is 11.0. The van der Waals surface area contributed by atoms with E-state index >= 15 is 0 Å². The third-order valence-corrected chi connectivity index (χ3v) is 3.93. The van der Waals surface area contributed by atoms with Gasteiger partial charge in [-0.05, 0) is 19.8 Å². The Morgan fingerprint density at radius 2 is 2.00 bits per heavy atom. The summed E-state index contributed by atoms with van der Waals surface area (Å²) in [5.74, 6) is 0.824. The van der Waals surface area contributed by atoms with Gasteiger partial charge in [0.1, 0.15) is 5.76 Å². The second-order valence-electron chi connectivity index (χ2n) is 5.72. The molecule has 0 aliphatic heterocycles. The maximum absolute atomic E-state index is 12.5. The molecule has 0 N–H and O–H groups in total. The van der Waals surface area contributed by atoms with E-state index in [9.17, 15) is 9.59 Å². The predicted octanol–water partition coefficient (Wildman–Crippen LogP) is 0.753. The highest BCUT2D eigenvalue weighted by Crippen LogP contribution is 2.08. The quantitative estimate of drug-likeness (QED) is 0.648. The summed E-state index contributed by atoms with van der Waals surface area (Å²) in [5.41, 5.74) is 1.08. The van der Waals surface area contributed by atoms with Crippen LogP contribution in [0.5, 0.6) is 0 Å². The fourth-order valence-corrected chi connectivity index (χ4v) is 2.70. The molecule has 0 aliphatic rings. The number of unbranched alkanes of at least 4 members (excludes halogenated alkanes) is 1. The van der Waals surface area contributed by atoms with E-state index < -0.39 is 0 Å². The molecule has 3 heterocycles. The van der Waals surface area contributed by atoms with E-state index in [2.05, 4.69) is 10.1 Å². The van der Waals surface area contributed by atoms with Crippen LogP contribution in [0.1, 0.15) is 24.3 Å². The molecule has 8 nitrogen and oxygen atoms in total. The van der Waals surface area contributed by atoms with Gasteiger partial charge in [0.15, 0.2) is 11.2 Å². The van der Waals surface area contributed by atoms with Crippen LogP contribution in [0, 0.1) is 6.92 Å². The van der Waals surface area contributed by atoms with Crippen LogP contribution in [0.15, 0.2) is 26.5 Å². The van der Waals surface area contributed by atoms with Crippen molar-refractivity contribution in [2.75, 3.05) is 0 Å². The summed E-state index contributed by atoms with van der Waals surface area (Å²) >= 11 is 0. The van der Waals surface area contributed by atoms with Crippen molar-refractivity contribution in [1.29, 1.82) is 0 Å². The number of fused-ring (bicyclic) bond motifs is 1. The van der Waals surface area contributed by atoms with Crippen molar-refractivity contribution >= 4 is 11.2 Å². The number of imidazole rings is 1. The number of nitrogens with zero attached hydrogens (tertiary/aromatic N) is 5. The lowest BCUT2D eigenvalue weighted by Crippen LogP contribution is -2.39. The number of aryl methyl sites for hydroxylation is 4. The first kappa shape index (κ1) is 15.3. The molecule has 23 heavy (non-hydrogen) atoms. The smallest absolute Gasteiger partial charge is 0.332 e. The highest BCUT2D eigenvalue weighted by atomic mass is 16.5. The maximum atomic E-state index is 12.5. The Morgan fingerprint density at radius 3 is 2.70 bits per heavy atom. The average molecular weight is 317 g/mol. The van der Waals surface area contributed by atoms with Crippen LogP contribution in [0.2, 0.25) is 0 Å². The number of hydrogen-bond donors (Lipinski definition) is 0. The van der Waals surface area contributed by atoms with Crippen molar-refractivity contribution in [2.45, 2.75) is 32.7 Å². The van der Waals surface area contributed by atoms with Gasteiger partial charge in [0, 0.05) is 33.1 Å². The molecule has 8 heteroatoms. The SMILES string of the molecule is Cc1cc(CCCCn2c(=O)c3c(ncn3C)n(C)c2=O)on1. The lowest BCUT2D eigenvalue weighted by molar-refractivity contribution is 0.374. The van der Waals surface area contributed by atoms with E-state index in [1.165, 1.54) is 9.13 Å². The van der Waals surface area contributed by atoms with Crippen LogP contribution < -0.4 is 11.2 Å². The molecule has 0 fully saturated rings. The van der Waals surface area contributed by atoms with E-state index in [0.717, 1.165) is 24.3 Å². The zero-order chi connectivity index (χ0) is 16.6. The van der Waals surface area contributed by atoms with Crippen molar-refractivity contribution in [3.63, 3.8) is 0 Å². The van der Waals surface area contributed by atoms with Crippen molar-refractivity contribution < 1.29 is 4.52 Å². The Kier molecular flexibility index (Phi) is 3.89. The Bertz CT molecular complexity index is 960. The monoisotopic (exact) mass is 317 g/mol. The lowest BCUT2D eigenvalue weighted by Gasteiger charge is -2.08. The molecule has 3 rings (SSSR count). The summed E-state index contributed by atoms with van der Waals surface area (Å²) in [6.07, 6.45) is 3.80. The van der Waals surface area contributed by atoms with E-state index in [1.807, 2.05) is 13.0 Å². The van der Waals surface area contributed by atoms with Crippen molar-refractivity contribution in [3.05, 3.63) is 44.7 Å². The zero-order valence-corrected chi connectivity index (χ0v) is 13.4. The standard InChI is InChI=1S/C15H19N5O3/c1-10-8-11(23-17-10)6-4-5-7-20-14(21)12-13(16-9-18(12)2)19(3)15(20)22/h8-9H,4-7H2,1-3H3. The largest absolute Gasteiger partial charge is 0.361 e. The number of rotatable bonds is 5. The summed E-state index contributed by atoms with van der Waals surface area (Å²) in [6.45, 7) is 2.25. The Morgan fingerprint density at radius 1 is 1.22 bits per heavy atom. The zero-order valence-electron chi connectivity index (χ0n) is 13.4. The molecule has 122 valence electrons. The van der Waals surface area contributed by atoms with Crippen LogP contribution >= 0.6 is 0 Å². The van der Waals surface area contributed by atoms with E-state index in [-0.39, 0.29) is 11.2 Å². The van der Waals surface area contributed by atoms with Crippen LogP contribution in [-0.4, -0.2) is 23.8 Å². The minimum Gasteiger partial charge on any atom is -0.361 e. The van der Waals surface area contributed by atoms with Gasteiger partial charge in [0.2, 0.25) is 0 Å². The molecule has 3 aromatic rings. The van der Waals surface area contributed by atoms with E-state index in [0.29, 0.717) is 24.1 Å². The topological polar surface area (TPSA) is 87.9 Å². The molecule has 0 saturated carbocycles. The predicted molar refractivity (Wildman–Crippen MR) is 84.4 cm³/mol. The Hall–Kier alpha value is -2.64. The molecule has 0 unspecified atom stereocenters. The molecule has 0 aromatic carbocycles. The first-order valence-corrected chi connectivity index (χ1v) is 7.52. The van der Waals surface area contributed by atoms with Gasteiger partial charge in [-0.3, -0.25) is 13.9 Å². The average Bonchev–Trinajstić information content (AvgIpc) is 3.10. The molecule has 0 aliphatic carbocycles. The van der Waals surface area contributed by atoms with E-state index in [4.69, 9.17) is 4.52 Å². The highest BCUT2D eigenvalue weighted by molar-refractivity contribution is 5.69. The summed E-state index contributed by atoms with van der Waals surface area (Å²) in [5, 5.41) is 3.84. The highest BCUT2D eigenvalue weighted by Gasteiger charge is 2.14. The molecule has 0 bridgehead atoms. The third kappa shape index (κ3) is 2.71. The normalized spacial score (nSPS) is 11.4. The van der Waals surface area contributed by atoms with Crippen molar-refractivity contribution in [1.82, 2.24) is 23.8 Å². The molecule has 0 radical (unpaired) electrons. The van der Waals surface area contributed by atoms with Gasteiger partial charge >= 0.3 is 5.69 Å². The van der Waals surface area contributed by atoms with E-state index in [1.54, 1.807) is 25.0 Å². The molecule has 0 atom stereocenters. The summed E-state index contributed by atoms with van der Waals surface area (Å²) in [7, 11) is 3.38. The molecule has 3 aromatic heterocycles. The fraction of sp³-hybridized carbons (Fsp3) is 0.467. The summed E-state index contributed by atoms with van der Waals surface area (Å²) in [4.78, 5) is 29.0. The van der Waals surface area contributed by atoms with Gasteiger partial charge in [0.05, 0.1) is 12.0 Å². The number of aromatic nitrogens is 5. The summed E-state index contributed by atoms with van der Waals surface area (Å²) < 4.78 is 9.48. The fourth-order valence-electron chi connectivity index (χ4n) is 2.70. The van der Waals surface area contributed by atoms with Gasteiger partial charge in [-0.25, -0.2) is 9.78 Å². The van der Waals surface area contributed by atoms with Gasteiger partial charge in [-0.2, -0.15) is 0 Å². The van der Waals surface area contributed by atoms with Gasteiger partial charge in [-0.1, -0.05) is 5.16 Å².